The molecule has 0 bridgehead atoms. The van der Waals surface area contributed by atoms with Gasteiger partial charge in [0.05, 0.1) is 5.69 Å². The fraction of sp³-hybridized carbons (Fsp3) is 0.304. The maximum atomic E-state index is 6.07. The summed E-state index contributed by atoms with van der Waals surface area (Å²) in [5.41, 5.74) is 3.03. The molecular weight excluding hydrogens is 362 g/mol. The van der Waals surface area contributed by atoms with Gasteiger partial charge in [-0.3, -0.25) is 4.99 Å². The number of nitrogens with one attached hydrogen (secondary N) is 2. The molecule has 0 unspecified atom stereocenters. The molecule has 0 aliphatic carbocycles. The van der Waals surface area contributed by atoms with Crippen LogP contribution in [0.3, 0.4) is 0 Å². The van der Waals surface area contributed by atoms with Gasteiger partial charge in [0.1, 0.15) is 11.4 Å². The van der Waals surface area contributed by atoms with Gasteiger partial charge in [0.15, 0.2) is 5.96 Å². The van der Waals surface area contributed by atoms with E-state index in [0.29, 0.717) is 13.1 Å². The highest BCUT2D eigenvalue weighted by Crippen LogP contribution is 2.22. The van der Waals surface area contributed by atoms with Crippen LogP contribution in [-0.4, -0.2) is 28.4 Å². The Balaban J connectivity index is 1.59. The third kappa shape index (κ3) is 6.10. The van der Waals surface area contributed by atoms with Crippen molar-refractivity contribution < 1.29 is 4.74 Å². The van der Waals surface area contributed by atoms with Gasteiger partial charge in [0, 0.05) is 38.1 Å². The van der Waals surface area contributed by atoms with Crippen molar-refractivity contribution in [3.8, 4) is 11.4 Å². The fourth-order valence-electron chi connectivity index (χ4n) is 2.90. The number of ether oxygens (including phenoxy) is 1. The van der Waals surface area contributed by atoms with Crippen LogP contribution in [0.1, 0.15) is 31.9 Å². The van der Waals surface area contributed by atoms with Gasteiger partial charge >= 0.3 is 0 Å². The molecule has 0 fully saturated rings. The van der Waals surface area contributed by atoms with E-state index in [-0.39, 0.29) is 5.60 Å². The summed E-state index contributed by atoms with van der Waals surface area (Å²) in [5, 5.41) is 11.0. The second kappa shape index (κ2) is 9.28. The third-order valence-corrected chi connectivity index (χ3v) is 4.20. The summed E-state index contributed by atoms with van der Waals surface area (Å²) in [7, 11) is 1.77. The predicted octanol–water partition coefficient (Wildman–Crippen LogP) is 3.91. The molecule has 0 aliphatic heterocycles. The van der Waals surface area contributed by atoms with Crippen molar-refractivity contribution in [1.29, 1.82) is 0 Å². The Morgan fingerprint density at radius 1 is 1.03 bits per heavy atom. The van der Waals surface area contributed by atoms with Crippen LogP contribution < -0.4 is 15.4 Å². The molecule has 152 valence electrons. The van der Waals surface area contributed by atoms with Crippen molar-refractivity contribution in [2.45, 2.75) is 39.5 Å². The molecule has 6 nitrogen and oxygen atoms in total. The van der Waals surface area contributed by atoms with Crippen molar-refractivity contribution in [2.24, 2.45) is 4.99 Å². The SMILES string of the molecule is CN=C(NCc1cccc(-n2cccn2)c1)NCc1ccccc1OC(C)(C)C. The first-order chi connectivity index (χ1) is 13.9. The average Bonchev–Trinajstić information content (AvgIpc) is 3.23. The van der Waals surface area contributed by atoms with Gasteiger partial charge in [-0.15, -0.1) is 0 Å². The number of rotatable bonds is 6. The fourth-order valence-corrected chi connectivity index (χ4v) is 2.90. The number of hydrogen-bond acceptors (Lipinski definition) is 3. The van der Waals surface area contributed by atoms with Gasteiger partial charge in [-0.1, -0.05) is 30.3 Å². The summed E-state index contributed by atoms with van der Waals surface area (Å²) in [5.74, 6) is 1.62. The molecule has 1 aromatic heterocycles. The summed E-state index contributed by atoms with van der Waals surface area (Å²) < 4.78 is 7.92. The molecule has 2 aromatic carbocycles. The van der Waals surface area contributed by atoms with E-state index in [1.54, 1.807) is 13.2 Å². The maximum absolute atomic E-state index is 6.07. The largest absolute Gasteiger partial charge is 0.488 e. The molecule has 0 saturated heterocycles. The van der Waals surface area contributed by atoms with Gasteiger partial charge in [0.25, 0.3) is 0 Å². The minimum absolute atomic E-state index is 0.240. The predicted molar refractivity (Wildman–Crippen MR) is 117 cm³/mol. The van der Waals surface area contributed by atoms with Crippen LogP contribution in [0.2, 0.25) is 0 Å². The molecule has 0 aliphatic rings. The molecule has 3 rings (SSSR count). The van der Waals surface area contributed by atoms with Crippen LogP contribution in [0, 0.1) is 0 Å². The van der Waals surface area contributed by atoms with Crippen LogP contribution >= 0.6 is 0 Å². The van der Waals surface area contributed by atoms with Crippen molar-refractivity contribution in [3.05, 3.63) is 78.1 Å². The summed E-state index contributed by atoms with van der Waals surface area (Å²) >= 11 is 0. The van der Waals surface area contributed by atoms with E-state index in [9.17, 15) is 0 Å². The van der Waals surface area contributed by atoms with Crippen LogP contribution in [0.25, 0.3) is 5.69 Å². The van der Waals surface area contributed by atoms with Crippen LogP contribution in [0.15, 0.2) is 72.0 Å². The molecule has 1 heterocycles. The van der Waals surface area contributed by atoms with E-state index < -0.39 is 0 Å². The first-order valence-corrected chi connectivity index (χ1v) is 9.75. The highest BCUT2D eigenvalue weighted by atomic mass is 16.5. The smallest absolute Gasteiger partial charge is 0.191 e. The van der Waals surface area contributed by atoms with E-state index in [1.807, 2.05) is 47.3 Å². The first-order valence-electron chi connectivity index (χ1n) is 9.75. The van der Waals surface area contributed by atoms with Gasteiger partial charge < -0.3 is 15.4 Å². The minimum Gasteiger partial charge on any atom is -0.488 e. The third-order valence-electron chi connectivity index (χ3n) is 4.20. The van der Waals surface area contributed by atoms with Gasteiger partial charge in [-0.25, -0.2) is 4.68 Å². The van der Waals surface area contributed by atoms with E-state index in [1.165, 1.54) is 0 Å². The topological polar surface area (TPSA) is 63.5 Å². The molecule has 0 radical (unpaired) electrons. The van der Waals surface area contributed by atoms with Gasteiger partial charge in [0.2, 0.25) is 0 Å². The zero-order chi connectivity index (χ0) is 20.7. The Labute approximate surface area is 172 Å². The lowest BCUT2D eigenvalue weighted by atomic mass is 10.1. The number of nitrogens with zero attached hydrogens (tertiary/aromatic N) is 3. The molecule has 6 heteroatoms. The first kappa shape index (κ1) is 20.5. The lowest BCUT2D eigenvalue weighted by Gasteiger charge is -2.23. The maximum Gasteiger partial charge on any atom is 0.191 e. The van der Waals surface area contributed by atoms with E-state index in [2.05, 4.69) is 59.7 Å². The van der Waals surface area contributed by atoms with Crippen LogP contribution in [-0.2, 0) is 13.1 Å². The normalized spacial score (nSPS) is 11.9. The lowest BCUT2D eigenvalue weighted by molar-refractivity contribution is 0.129. The minimum atomic E-state index is -0.240. The summed E-state index contributed by atoms with van der Waals surface area (Å²) in [6.07, 6.45) is 3.71. The number of aliphatic imine (C=N–C) groups is 1. The molecule has 0 saturated carbocycles. The van der Waals surface area contributed by atoms with Gasteiger partial charge in [-0.05, 0) is 50.6 Å². The molecule has 0 spiro atoms. The Morgan fingerprint density at radius 2 is 1.83 bits per heavy atom. The lowest BCUT2D eigenvalue weighted by Crippen LogP contribution is -2.36. The highest BCUT2D eigenvalue weighted by Gasteiger charge is 2.14. The molecular formula is C23H29N5O. The zero-order valence-corrected chi connectivity index (χ0v) is 17.5. The molecule has 0 atom stereocenters. The van der Waals surface area contributed by atoms with E-state index >= 15 is 0 Å². The Morgan fingerprint density at radius 3 is 2.55 bits per heavy atom. The van der Waals surface area contributed by atoms with Gasteiger partial charge in [-0.2, -0.15) is 5.10 Å². The van der Waals surface area contributed by atoms with Crippen molar-refractivity contribution in [2.75, 3.05) is 7.05 Å². The average molecular weight is 392 g/mol. The molecule has 0 amide bonds. The van der Waals surface area contributed by atoms with Crippen molar-refractivity contribution >= 4 is 5.96 Å². The Kier molecular flexibility index (Phi) is 6.54. The van der Waals surface area contributed by atoms with Crippen LogP contribution in [0.5, 0.6) is 5.75 Å². The van der Waals surface area contributed by atoms with E-state index in [4.69, 9.17) is 4.74 Å². The highest BCUT2D eigenvalue weighted by molar-refractivity contribution is 5.79. The molecule has 29 heavy (non-hydrogen) atoms. The Hall–Kier alpha value is -3.28. The quantitative estimate of drug-likeness (QED) is 0.494. The summed E-state index contributed by atoms with van der Waals surface area (Å²) in [6.45, 7) is 7.44. The van der Waals surface area contributed by atoms with Crippen LogP contribution in [0.4, 0.5) is 0 Å². The number of guanidine groups is 1. The number of hydrogen-bond donors (Lipinski definition) is 2. The second-order valence-corrected chi connectivity index (χ2v) is 7.72. The molecule has 2 N–H and O–H groups in total. The zero-order valence-electron chi connectivity index (χ0n) is 17.5. The number of benzene rings is 2. The van der Waals surface area contributed by atoms with E-state index in [0.717, 1.165) is 28.5 Å². The summed E-state index contributed by atoms with van der Waals surface area (Å²) in [4.78, 5) is 4.33. The monoisotopic (exact) mass is 391 g/mol. The van der Waals surface area contributed by atoms with Crippen molar-refractivity contribution in [3.63, 3.8) is 0 Å². The summed E-state index contributed by atoms with van der Waals surface area (Å²) in [6, 6.07) is 18.2. The second-order valence-electron chi connectivity index (χ2n) is 7.72. The standard InChI is InChI=1S/C23H29N5O/c1-23(2,3)29-21-12-6-5-10-19(21)17-26-22(24-4)25-16-18-9-7-11-20(15-18)28-14-8-13-27-28/h5-15H,16-17H2,1-4H3,(H2,24,25,26). The number of aromatic nitrogens is 2. The molecule has 3 aromatic rings. The van der Waals surface area contributed by atoms with Crippen molar-refractivity contribution in [1.82, 2.24) is 20.4 Å². The number of para-hydroxylation sites is 1. The Bertz CT molecular complexity index is 942.